The summed E-state index contributed by atoms with van der Waals surface area (Å²) in [4.78, 5) is 11.3. The Morgan fingerprint density at radius 1 is 1.47 bits per heavy atom. The number of ether oxygens (including phenoxy) is 1. The van der Waals surface area contributed by atoms with Gasteiger partial charge in [0.2, 0.25) is 5.91 Å². The van der Waals surface area contributed by atoms with Crippen molar-refractivity contribution in [1.29, 1.82) is 0 Å². The molecule has 1 aliphatic heterocycles. The van der Waals surface area contributed by atoms with E-state index in [1.807, 2.05) is 12.1 Å². The van der Waals surface area contributed by atoms with Gasteiger partial charge in [0.05, 0.1) is 6.61 Å². The zero-order valence-corrected chi connectivity index (χ0v) is 10.4. The van der Waals surface area contributed by atoms with Gasteiger partial charge in [-0.3, -0.25) is 4.79 Å². The molecule has 1 aliphatic rings. The summed E-state index contributed by atoms with van der Waals surface area (Å²) in [6, 6.07) is 8.21. The Hall–Kier alpha value is -1.06. The molecule has 1 amide bonds. The van der Waals surface area contributed by atoms with Crippen molar-refractivity contribution in [2.45, 2.75) is 18.9 Å². The summed E-state index contributed by atoms with van der Waals surface area (Å²) in [5.74, 6) is 0.333. The van der Waals surface area contributed by atoms with Crippen molar-refractivity contribution in [3.8, 4) is 0 Å². The minimum Gasteiger partial charge on any atom is -0.371 e. The molecule has 0 saturated heterocycles. The maximum Gasteiger partial charge on any atom is 0.221 e. The fourth-order valence-corrected chi connectivity index (χ4v) is 2.20. The quantitative estimate of drug-likeness (QED) is 0.834. The molecule has 3 nitrogen and oxygen atoms in total. The highest BCUT2D eigenvalue weighted by Crippen LogP contribution is 2.26. The Morgan fingerprint density at radius 2 is 2.29 bits per heavy atom. The predicted octanol–water partition coefficient (Wildman–Crippen LogP) is 2.05. The van der Waals surface area contributed by atoms with Crippen LogP contribution in [0.4, 0.5) is 0 Å². The number of carbonyl (C=O) groups is 1. The first-order chi connectivity index (χ1) is 8.31. The first-order valence-electron chi connectivity index (χ1n) is 5.83. The number of nitrogens with one attached hydrogen (secondary N) is 1. The molecule has 0 saturated carbocycles. The summed E-state index contributed by atoms with van der Waals surface area (Å²) in [7, 11) is 0. The van der Waals surface area contributed by atoms with Gasteiger partial charge in [-0.15, -0.1) is 11.6 Å². The van der Waals surface area contributed by atoms with E-state index in [9.17, 15) is 4.79 Å². The molecular weight excluding hydrogens is 238 g/mol. The maximum absolute atomic E-state index is 11.3. The third-order valence-electron chi connectivity index (χ3n) is 2.90. The molecule has 1 aromatic carbocycles. The highest BCUT2D eigenvalue weighted by Gasteiger charge is 2.20. The molecule has 2 rings (SSSR count). The van der Waals surface area contributed by atoms with Gasteiger partial charge in [0, 0.05) is 18.8 Å². The normalized spacial score (nSPS) is 18.5. The van der Waals surface area contributed by atoms with Gasteiger partial charge in [-0.1, -0.05) is 24.3 Å². The first kappa shape index (κ1) is 12.4. The number of rotatable bonds is 4. The number of amides is 1. The van der Waals surface area contributed by atoms with Gasteiger partial charge in [-0.2, -0.15) is 0 Å². The molecule has 4 heteroatoms. The zero-order chi connectivity index (χ0) is 12.1. The highest BCUT2D eigenvalue weighted by atomic mass is 35.5. The standard InChI is InChI=1S/C13H16ClNO2/c14-7-5-13(16)15-9-12-11-4-2-1-3-10(11)6-8-17-12/h1-4,12H,5-9H2,(H,15,16). The van der Waals surface area contributed by atoms with Crippen molar-refractivity contribution in [3.63, 3.8) is 0 Å². The Balaban J connectivity index is 1.97. The molecule has 0 aliphatic carbocycles. The second kappa shape index (κ2) is 6.03. The fourth-order valence-electron chi connectivity index (χ4n) is 2.03. The average molecular weight is 254 g/mol. The molecule has 0 fully saturated rings. The van der Waals surface area contributed by atoms with Crippen LogP contribution in [0.1, 0.15) is 23.7 Å². The van der Waals surface area contributed by atoms with E-state index in [-0.39, 0.29) is 12.0 Å². The van der Waals surface area contributed by atoms with E-state index in [0.717, 1.165) is 6.42 Å². The molecular formula is C13H16ClNO2. The number of alkyl halides is 1. The van der Waals surface area contributed by atoms with E-state index in [1.165, 1.54) is 11.1 Å². The van der Waals surface area contributed by atoms with Crippen LogP contribution in [0, 0.1) is 0 Å². The van der Waals surface area contributed by atoms with Gasteiger partial charge in [0.1, 0.15) is 6.10 Å². The van der Waals surface area contributed by atoms with Crippen LogP contribution >= 0.6 is 11.6 Å². The molecule has 0 aromatic heterocycles. The lowest BCUT2D eigenvalue weighted by Gasteiger charge is -2.26. The third kappa shape index (κ3) is 3.20. The van der Waals surface area contributed by atoms with Crippen molar-refractivity contribution in [2.24, 2.45) is 0 Å². The summed E-state index contributed by atoms with van der Waals surface area (Å²) < 4.78 is 5.69. The Bertz CT molecular complexity index is 395. The molecule has 1 heterocycles. The van der Waals surface area contributed by atoms with Crippen LogP contribution in [-0.2, 0) is 16.0 Å². The topological polar surface area (TPSA) is 38.3 Å². The van der Waals surface area contributed by atoms with Gasteiger partial charge in [-0.25, -0.2) is 0 Å². The summed E-state index contributed by atoms with van der Waals surface area (Å²) >= 11 is 5.51. The van der Waals surface area contributed by atoms with Crippen LogP contribution in [0.2, 0.25) is 0 Å². The second-order valence-corrected chi connectivity index (χ2v) is 4.43. The number of carbonyl (C=O) groups excluding carboxylic acids is 1. The van der Waals surface area contributed by atoms with E-state index in [1.54, 1.807) is 0 Å². The summed E-state index contributed by atoms with van der Waals surface area (Å²) in [6.45, 7) is 1.24. The highest BCUT2D eigenvalue weighted by molar-refractivity contribution is 6.18. The summed E-state index contributed by atoms with van der Waals surface area (Å²) in [5, 5.41) is 2.85. The van der Waals surface area contributed by atoms with Crippen molar-refractivity contribution in [3.05, 3.63) is 35.4 Å². The molecule has 92 valence electrons. The monoisotopic (exact) mass is 253 g/mol. The number of fused-ring (bicyclic) bond motifs is 1. The lowest BCUT2D eigenvalue weighted by Crippen LogP contribution is -2.31. The lowest BCUT2D eigenvalue weighted by atomic mass is 9.97. The Labute approximate surface area is 106 Å². The van der Waals surface area contributed by atoms with Crippen LogP contribution in [0.5, 0.6) is 0 Å². The van der Waals surface area contributed by atoms with Gasteiger partial charge in [-0.05, 0) is 17.5 Å². The van der Waals surface area contributed by atoms with Crippen LogP contribution in [0.15, 0.2) is 24.3 Å². The molecule has 1 unspecified atom stereocenters. The molecule has 0 bridgehead atoms. The number of halogens is 1. The number of benzene rings is 1. The van der Waals surface area contributed by atoms with Crippen molar-refractivity contribution >= 4 is 17.5 Å². The molecule has 0 spiro atoms. The molecule has 17 heavy (non-hydrogen) atoms. The van der Waals surface area contributed by atoms with E-state index in [0.29, 0.717) is 25.5 Å². The predicted molar refractivity (Wildman–Crippen MR) is 67.2 cm³/mol. The second-order valence-electron chi connectivity index (χ2n) is 4.05. The van der Waals surface area contributed by atoms with E-state index in [4.69, 9.17) is 16.3 Å². The van der Waals surface area contributed by atoms with E-state index >= 15 is 0 Å². The molecule has 1 atom stereocenters. The van der Waals surface area contributed by atoms with Crippen LogP contribution in [0.3, 0.4) is 0 Å². The Morgan fingerprint density at radius 3 is 3.12 bits per heavy atom. The summed E-state index contributed by atoms with van der Waals surface area (Å²) in [6.07, 6.45) is 1.28. The van der Waals surface area contributed by atoms with Gasteiger partial charge in [0.25, 0.3) is 0 Å². The first-order valence-corrected chi connectivity index (χ1v) is 6.37. The largest absolute Gasteiger partial charge is 0.371 e. The number of hydrogen-bond donors (Lipinski definition) is 1. The van der Waals surface area contributed by atoms with Gasteiger partial charge < -0.3 is 10.1 Å². The Kier molecular flexibility index (Phi) is 4.40. The van der Waals surface area contributed by atoms with Crippen molar-refractivity contribution in [2.75, 3.05) is 19.0 Å². The van der Waals surface area contributed by atoms with Crippen molar-refractivity contribution < 1.29 is 9.53 Å². The smallest absolute Gasteiger partial charge is 0.221 e. The third-order valence-corrected chi connectivity index (χ3v) is 3.09. The number of hydrogen-bond acceptors (Lipinski definition) is 2. The van der Waals surface area contributed by atoms with E-state index in [2.05, 4.69) is 17.4 Å². The van der Waals surface area contributed by atoms with Gasteiger partial charge >= 0.3 is 0 Å². The van der Waals surface area contributed by atoms with E-state index < -0.39 is 0 Å². The average Bonchev–Trinajstić information content (AvgIpc) is 2.36. The minimum absolute atomic E-state index is 0.0216. The SMILES string of the molecule is O=C(CCCl)NCC1OCCc2ccccc21. The minimum atomic E-state index is -0.0285. The van der Waals surface area contributed by atoms with Crippen LogP contribution in [0.25, 0.3) is 0 Å². The maximum atomic E-state index is 11.3. The van der Waals surface area contributed by atoms with Gasteiger partial charge in [0.15, 0.2) is 0 Å². The lowest BCUT2D eigenvalue weighted by molar-refractivity contribution is -0.121. The molecule has 1 aromatic rings. The van der Waals surface area contributed by atoms with Crippen LogP contribution < -0.4 is 5.32 Å². The molecule has 0 radical (unpaired) electrons. The van der Waals surface area contributed by atoms with Crippen LogP contribution in [-0.4, -0.2) is 24.9 Å². The zero-order valence-electron chi connectivity index (χ0n) is 9.62. The van der Waals surface area contributed by atoms with Crippen molar-refractivity contribution in [1.82, 2.24) is 5.32 Å². The fraction of sp³-hybridized carbons (Fsp3) is 0.462. The summed E-state index contributed by atoms with van der Waals surface area (Å²) in [5.41, 5.74) is 2.50. The molecule has 1 N–H and O–H groups in total.